The standard InChI is InChI=1S/C16H17FN2/c17-15-9-14(6-7-16(15)18)19-10-11-4-5-12-2-1-3-13(12)8-11/h4-9,19H,1-3,10,18H2. The highest BCUT2D eigenvalue weighted by molar-refractivity contribution is 5.52. The van der Waals surface area contributed by atoms with E-state index in [1.165, 1.54) is 42.0 Å². The summed E-state index contributed by atoms with van der Waals surface area (Å²) in [4.78, 5) is 0. The molecule has 1 aliphatic rings. The fourth-order valence-corrected chi connectivity index (χ4v) is 2.58. The monoisotopic (exact) mass is 256 g/mol. The van der Waals surface area contributed by atoms with Gasteiger partial charge in [-0.25, -0.2) is 4.39 Å². The first-order chi connectivity index (χ1) is 9.22. The molecular weight excluding hydrogens is 239 g/mol. The van der Waals surface area contributed by atoms with Gasteiger partial charge < -0.3 is 11.1 Å². The second kappa shape index (κ2) is 4.92. The summed E-state index contributed by atoms with van der Waals surface area (Å²) in [5, 5.41) is 3.22. The van der Waals surface area contributed by atoms with Gasteiger partial charge in [-0.1, -0.05) is 18.2 Å². The lowest BCUT2D eigenvalue weighted by Crippen LogP contribution is -2.01. The zero-order chi connectivity index (χ0) is 13.2. The van der Waals surface area contributed by atoms with E-state index in [2.05, 4.69) is 23.5 Å². The van der Waals surface area contributed by atoms with Crippen LogP contribution in [0.4, 0.5) is 15.8 Å². The van der Waals surface area contributed by atoms with Crippen LogP contribution in [0.2, 0.25) is 0 Å². The van der Waals surface area contributed by atoms with Crippen molar-refractivity contribution < 1.29 is 4.39 Å². The van der Waals surface area contributed by atoms with Crippen molar-refractivity contribution in [2.75, 3.05) is 11.1 Å². The molecule has 0 aliphatic heterocycles. The van der Waals surface area contributed by atoms with E-state index in [-0.39, 0.29) is 11.5 Å². The maximum Gasteiger partial charge on any atom is 0.148 e. The van der Waals surface area contributed by atoms with Crippen molar-refractivity contribution >= 4 is 11.4 Å². The molecule has 0 atom stereocenters. The molecule has 0 spiro atoms. The molecule has 0 aromatic heterocycles. The van der Waals surface area contributed by atoms with Crippen LogP contribution in [-0.2, 0) is 19.4 Å². The van der Waals surface area contributed by atoms with E-state index in [0.29, 0.717) is 6.54 Å². The lowest BCUT2D eigenvalue weighted by atomic mass is 10.1. The largest absolute Gasteiger partial charge is 0.396 e. The van der Waals surface area contributed by atoms with Crippen molar-refractivity contribution in [1.29, 1.82) is 0 Å². The molecule has 0 saturated carbocycles. The van der Waals surface area contributed by atoms with Gasteiger partial charge in [0.15, 0.2) is 0 Å². The third-order valence-corrected chi connectivity index (χ3v) is 3.66. The summed E-state index contributed by atoms with van der Waals surface area (Å²) in [6.07, 6.45) is 3.64. The van der Waals surface area contributed by atoms with E-state index >= 15 is 0 Å². The Hall–Kier alpha value is -2.03. The van der Waals surface area contributed by atoms with Crippen LogP contribution in [0.1, 0.15) is 23.1 Å². The lowest BCUT2D eigenvalue weighted by Gasteiger charge is -2.09. The van der Waals surface area contributed by atoms with Crippen LogP contribution in [0.5, 0.6) is 0 Å². The average Bonchev–Trinajstić information content (AvgIpc) is 2.87. The highest BCUT2D eigenvalue weighted by Crippen LogP contribution is 2.23. The topological polar surface area (TPSA) is 38.0 Å². The molecular formula is C16H17FN2. The van der Waals surface area contributed by atoms with Crippen molar-refractivity contribution in [1.82, 2.24) is 0 Å². The molecule has 0 bridgehead atoms. The average molecular weight is 256 g/mol. The normalized spacial score (nSPS) is 13.3. The molecule has 2 aromatic carbocycles. The summed E-state index contributed by atoms with van der Waals surface area (Å²) in [5.74, 6) is -0.376. The minimum absolute atomic E-state index is 0.183. The SMILES string of the molecule is Nc1ccc(NCc2ccc3c(c2)CCC3)cc1F. The number of nitrogens with two attached hydrogens (primary N) is 1. The smallest absolute Gasteiger partial charge is 0.148 e. The first-order valence-electron chi connectivity index (χ1n) is 6.62. The zero-order valence-electron chi connectivity index (χ0n) is 10.7. The number of hydrogen-bond acceptors (Lipinski definition) is 2. The van der Waals surface area contributed by atoms with Gasteiger partial charge >= 0.3 is 0 Å². The summed E-state index contributed by atoms with van der Waals surface area (Å²) in [7, 11) is 0. The predicted molar refractivity (Wildman–Crippen MR) is 76.6 cm³/mol. The Bertz CT molecular complexity index is 608. The number of nitrogens with one attached hydrogen (secondary N) is 1. The van der Waals surface area contributed by atoms with E-state index in [1.54, 1.807) is 12.1 Å². The summed E-state index contributed by atoms with van der Waals surface area (Å²) < 4.78 is 13.3. The number of halogens is 1. The van der Waals surface area contributed by atoms with Gasteiger partial charge in [0.1, 0.15) is 5.82 Å². The van der Waals surface area contributed by atoms with Gasteiger partial charge in [-0.2, -0.15) is 0 Å². The Morgan fingerprint density at radius 3 is 2.74 bits per heavy atom. The maximum atomic E-state index is 13.3. The molecule has 2 nitrogen and oxygen atoms in total. The van der Waals surface area contributed by atoms with Gasteiger partial charge in [0.2, 0.25) is 0 Å². The van der Waals surface area contributed by atoms with Gasteiger partial charge in [0, 0.05) is 12.2 Å². The highest BCUT2D eigenvalue weighted by Gasteiger charge is 2.10. The van der Waals surface area contributed by atoms with Gasteiger partial charge in [-0.15, -0.1) is 0 Å². The van der Waals surface area contributed by atoms with Crippen LogP contribution in [-0.4, -0.2) is 0 Å². The maximum absolute atomic E-state index is 13.3. The summed E-state index contributed by atoms with van der Waals surface area (Å²) >= 11 is 0. The molecule has 1 aliphatic carbocycles. The number of benzene rings is 2. The molecule has 0 amide bonds. The second-order valence-electron chi connectivity index (χ2n) is 5.05. The summed E-state index contributed by atoms with van der Waals surface area (Å²) in [6.45, 7) is 0.705. The third-order valence-electron chi connectivity index (χ3n) is 3.66. The van der Waals surface area contributed by atoms with Gasteiger partial charge in [0.25, 0.3) is 0 Å². The fraction of sp³-hybridized carbons (Fsp3) is 0.250. The van der Waals surface area contributed by atoms with Gasteiger partial charge in [-0.3, -0.25) is 0 Å². The Balaban J connectivity index is 1.70. The second-order valence-corrected chi connectivity index (χ2v) is 5.05. The number of fused-ring (bicyclic) bond motifs is 1. The minimum atomic E-state index is -0.376. The van der Waals surface area contributed by atoms with Crippen LogP contribution in [0.15, 0.2) is 36.4 Å². The molecule has 19 heavy (non-hydrogen) atoms. The van der Waals surface area contributed by atoms with Gasteiger partial charge in [0.05, 0.1) is 5.69 Å². The van der Waals surface area contributed by atoms with Crippen molar-refractivity contribution in [3.8, 4) is 0 Å². The molecule has 3 N–H and O–H groups in total. The number of rotatable bonds is 3. The fourth-order valence-electron chi connectivity index (χ4n) is 2.58. The Morgan fingerprint density at radius 2 is 1.89 bits per heavy atom. The minimum Gasteiger partial charge on any atom is -0.396 e. The first-order valence-corrected chi connectivity index (χ1v) is 6.62. The van der Waals surface area contributed by atoms with Crippen LogP contribution in [0, 0.1) is 5.82 Å². The van der Waals surface area contributed by atoms with Crippen LogP contribution in [0.3, 0.4) is 0 Å². The van der Waals surface area contributed by atoms with Crippen LogP contribution < -0.4 is 11.1 Å². The van der Waals surface area contributed by atoms with Crippen molar-refractivity contribution in [2.24, 2.45) is 0 Å². The summed E-state index contributed by atoms with van der Waals surface area (Å²) in [6, 6.07) is 11.4. The molecule has 3 rings (SSSR count). The molecule has 0 fully saturated rings. The van der Waals surface area contributed by atoms with Crippen molar-refractivity contribution in [2.45, 2.75) is 25.8 Å². The summed E-state index contributed by atoms with van der Waals surface area (Å²) in [5.41, 5.74) is 10.6. The zero-order valence-corrected chi connectivity index (χ0v) is 10.7. The quantitative estimate of drug-likeness (QED) is 0.825. The number of hydrogen-bond donors (Lipinski definition) is 2. The van der Waals surface area contributed by atoms with Gasteiger partial charge in [-0.05, 0) is 54.2 Å². The number of nitrogen functional groups attached to an aromatic ring is 1. The molecule has 0 radical (unpaired) electrons. The molecule has 3 heteroatoms. The molecule has 2 aromatic rings. The third kappa shape index (κ3) is 2.55. The number of anilines is 2. The molecule has 0 saturated heterocycles. The van der Waals surface area contributed by atoms with E-state index in [1.807, 2.05) is 0 Å². The van der Waals surface area contributed by atoms with Crippen LogP contribution >= 0.6 is 0 Å². The predicted octanol–water partition coefficient (Wildman–Crippen LogP) is 3.51. The number of aryl methyl sites for hydroxylation is 2. The van der Waals surface area contributed by atoms with E-state index < -0.39 is 0 Å². The Labute approximate surface area is 112 Å². The Morgan fingerprint density at radius 1 is 1.05 bits per heavy atom. The van der Waals surface area contributed by atoms with E-state index in [0.717, 1.165) is 5.69 Å². The van der Waals surface area contributed by atoms with Crippen molar-refractivity contribution in [3.63, 3.8) is 0 Å². The highest BCUT2D eigenvalue weighted by atomic mass is 19.1. The van der Waals surface area contributed by atoms with Crippen LogP contribution in [0.25, 0.3) is 0 Å². The molecule has 98 valence electrons. The van der Waals surface area contributed by atoms with E-state index in [4.69, 9.17) is 5.73 Å². The lowest BCUT2D eigenvalue weighted by molar-refractivity contribution is 0.633. The van der Waals surface area contributed by atoms with E-state index in [9.17, 15) is 4.39 Å². The van der Waals surface area contributed by atoms with Crippen molar-refractivity contribution in [3.05, 3.63) is 58.9 Å². The molecule has 0 heterocycles. The Kier molecular flexibility index (Phi) is 3.11. The molecule has 0 unspecified atom stereocenters. The first kappa shape index (κ1) is 12.0.